The van der Waals surface area contributed by atoms with E-state index in [4.69, 9.17) is 10.6 Å². The summed E-state index contributed by atoms with van der Waals surface area (Å²) in [6.07, 6.45) is 6.83. The third kappa shape index (κ3) is 2.79. The van der Waals surface area contributed by atoms with Gasteiger partial charge in [-0.2, -0.15) is 4.98 Å². The molecule has 1 fully saturated rings. The van der Waals surface area contributed by atoms with E-state index < -0.39 is 0 Å². The molecule has 1 aromatic rings. The fourth-order valence-corrected chi connectivity index (χ4v) is 1.87. The number of anilines is 1. The maximum atomic E-state index is 5.59. The minimum atomic E-state index is 0.388. The molecule has 0 aliphatic heterocycles. The molecule has 0 spiro atoms. The second-order valence-corrected chi connectivity index (χ2v) is 3.82. The highest BCUT2D eigenvalue weighted by Crippen LogP contribution is 2.25. The van der Waals surface area contributed by atoms with Crippen LogP contribution in [0.3, 0.4) is 0 Å². The zero-order valence-corrected chi connectivity index (χ0v) is 8.65. The third-order valence-electron chi connectivity index (χ3n) is 2.70. The molecule has 1 saturated carbocycles. The number of hydrogen-bond acceptors (Lipinski definition) is 5. The van der Waals surface area contributed by atoms with Gasteiger partial charge in [0.05, 0.1) is 6.61 Å². The van der Waals surface area contributed by atoms with Crippen LogP contribution in [0, 0.1) is 5.92 Å². The highest BCUT2D eigenvalue weighted by Gasteiger charge is 2.15. The molecule has 0 bridgehead atoms. The molecule has 82 valence electrons. The predicted molar refractivity (Wildman–Crippen MR) is 57.3 cm³/mol. The van der Waals surface area contributed by atoms with Crippen LogP contribution in [0.2, 0.25) is 0 Å². The van der Waals surface area contributed by atoms with Crippen molar-refractivity contribution in [3.05, 3.63) is 12.3 Å². The van der Waals surface area contributed by atoms with Crippen molar-refractivity contribution in [3.63, 3.8) is 0 Å². The molecular weight excluding hydrogens is 192 g/mol. The number of nitrogens with two attached hydrogens (primary N) is 1. The molecule has 0 atom stereocenters. The number of nitrogens with one attached hydrogen (secondary N) is 1. The van der Waals surface area contributed by atoms with Crippen LogP contribution >= 0.6 is 0 Å². The quantitative estimate of drug-likeness (QED) is 0.577. The van der Waals surface area contributed by atoms with E-state index in [2.05, 4.69) is 15.4 Å². The average Bonchev–Trinajstić information content (AvgIpc) is 2.79. The number of hydrazine groups is 1. The molecule has 1 aliphatic rings. The predicted octanol–water partition coefficient (Wildman–Crippen LogP) is 1.33. The molecular formula is C10H16N4O. The third-order valence-corrected chi connectivity index (χ3v) is 2.70. The molecule has 3 N–H and O–H groups in total. The summed E-state index contributed by atoms with van der Waals surface area (Å²) in [5.41, 5.74) is 2.39. The Morgan fingerprint density at radius 2 is 2.27 bits per heavy atom. The zero-order chi connectivity index (χ0) is 10.5. The van der Waals surface area contributed by atoms with E-state index in [9.17, 15) is 0 Å². The second kappa shape index (κ2) is 4.93. The van der Waals surface area contributed by atoms with Gasteiger partial charge >= 0.3 is 0 Å². The fraction of sp³-hybridized carbons (Fsp3) is 0.600. The fourth-order valence-electron chi connectivity index (χ4n) is 1.87. The standard InChI is InChI=1S/C10H16N4O/c11-14-10-12-6-5-9(13-10)15-7-8-3-1-2-4-8/h5-6,8H,1-4,7,11H2,(H,12,13,14). The Balaban J connectivity index is 1.86. The van der Waals surface area contributed by atoms with Crippen molar-refractivity contribution < 1.29 is 4.74 Å². The molecule has 0 saturated heterocycles. The summed E-state index contributed by atoms with van der Waals surface area (Å²) in [7, 11) is 0. The van der Waals surface area contributed by atoms with Gasteiger partial charge in [0.15, 0.2) is 0 Å². The first-order valence-corrected chi connectivity index (χ1v) is 5.31. The maximum absolute atomic E-state index is 5.59. The van der Waals surface area contributed by atoms with Gasteiger partial charge in [-0.05, 0) is 18.8 Å². The second-order valence-electron chi connectivity index (χ2n) is 3.82. The van der Waals surface area contributed by atoms with Gasteiger partial charge < -0.3 is 4.74 Å². The molecule has 0 aromatic carbocycles. The molecule has 2 rings (SSSR count). The Labute approximate surface area is 89.0 Å². The lowest BCUT2D eigenvalue weighted by Crippen LogP contribution is -2.12. The van der Waals surface area contributed by atoms with Gasteiger partial charge in [-0.15, -0.1) is 0 Å². The largest absolute Gasteiger partial charge is 0.477 e. The van der Waals surface area contributed by atoms with Crippen molar-refractivity contribution in [2.24, 2.45) is 11.8 Å². The zero-order valence-electron chi connectivity index (χ0n) is 8.65. The first-order valence-electron chi connectivity index (χ1n) is 5.31. The van der Waals surface area contributed by atoms with E-state index in [1.807, 2.05) is 0 Å². The summed E-state index contributed by atoms with van der Waals surface area (Å²) in [6.45, 7) is 0.751. The Bertz CT molecular complexity index is 312. The lowest BCUT2D eigenvalue weighted by molar-refractivity contribution is 0.243. The first-order chi connectivity index (χ1) is 7.38. The SMILES string of the molecule is NNc1nccc(OCC2CCCC2)n1. The molecule has 0 radical (unpaired) electrons. The Morgan fingerprint density at radius 3 is 3.00 bits per heavy atom. The van der Waals surface area contributed by atoms with E-state index in [-0.39, 0.29) is 0 Å². The molecule has 5 nitrogen and oxygen atoms in total. The summed E-state index contributed by atoms with van der Waals surface area (Å²) in [6, 6.07) is 1.75. The van der Waals surface area contributed by atoms with Gasteiger partial charge in [0.1, 0.15) is 0 Å². The Kier molecular flexibility index (Phi) is 3.34. The van der Waals surface area contributed by atoms with Crippen molar-refractivity contribution in [3.8, 4) is 5.88 Å². The topological polar surface area (TPSA) is 73.1 Å². The summed E-state index contributed by atoms with van der Waals surface area (Å²) in [5.74, 6) is 6.87. The van der Waals surface area contributed by atoms with Crippen LogP contribution in [0.15, 0.2) is 12.3 Å². The van der Waals surface area contributed by atoms with Crippen LogP contribution in [0.25, 0.3) is 0 Å². The number of rotatable bonds is 4. The number of aromatic nitrogens is 2. The Morgan fingerprint density at radius 1 is 1.47 bits per heavy atom. The number of nitrogens with zero attached hydrogens (tertiary/aromatic N) is 2. The van der Waals surface area contributed by atoms with Gasteiger partial charge in [-0.3, -0.25) is 5.43 Å². The minimum absolute atomic E-state index is 0.388. The minimum Gasteiger partial charge on any atom is -0.477 e. The van der Waals surface area contributed by atoms with Crippen molar-refractivity contribution in [1.82, 2.24) is 9.97 Å². The average molecular weight is 208 g/mol. The van der Waals surface area contributed by atoms with Crippen LogP contribution in [-0.2, 0) is 0 Å². The normalized spacial score (nSPS) is 16.6. The highest BCUT2D eigenvalue weighted by atomic mass is 16.5. The van der Waals surface area contributed by atoms with E-state index in [1.54, 1.807) is 12.3 Å². The summed E-state index contributed by atoms with van der Waals surface area (Å²) in [4.78, 5) is 7.99. The van der Waals surface area contributed by atoms with Crippen LogP contribution in [0.5, 0.6) is 5.88 Å². The van der Waals surface area contributed by atoms with Gasteiger partial charge in [0.2, 0.25) is 11.8 Å². The van der Waals surface area contributed by atoms with Crippen molar-refractivity contribution in [1.29, 1.82) is 0 Å². The van der Waals surface area contributed by atoms with Gasteiger partial charge in [0, 0.05) is 12.3 Å². The molecule has 1 aliphatic carbocycles. The number of ether oxygens (including phenoxy) is 1. The molecule has 15 heavy (non-hydrogen) atoms. The highest BCUT2D eigenvalue weighted by molar-refractivity contribution is 5.25. The van der Waals surface area contributed by atoms with E-state index in [1.165, 1.54) is 25.7 Å². The molecule has 0 unspecified atom stereocenters. The van der Waals surface area contributed by atoms with Gasteiger partial charge in [-0.1, -0.05) is 12.8 Å². The smallest absolute Gasteiger partial charge is 0.240 e. The van der Waals surface area contributed by atoms with Crippen molar-refractivity contribution in [2.45, 2.75) is 25.7 Å². The van der Waals surface area contributed by atoms with Crippen LogP contribution in [-0.4, -0.2) is 16.6 Å². The van der Waals surface area contributed by atoms with E-state index in [0.717, 1.165) is 6.61 Å². The first kappa shape index (κ1) is 10.2. The summed E-state index contributed by atoms with van der Waals surface area (Å²) < 4.78 is 5.59. The number of nitrogen functional groups attached to an aromatic ring is 1. The van der Waals surface area contributed by atoms with Gasteiger partial charge in [0.25, 0.3) is 0 Å². The van der Waals surface area contributed by atoms with E-state index in [0.29, 0.717) is 17.7 Å². The molecule has 5 heteroatoms. The van der Waals surface area contributed by atoms with Crippen molar-refractivity contribution >= 4 is 5.95 Å². The summed E-state index contributed by atoms with van der Waals surface area (Å²) in [5, 5.41) is 0. The number of hydrogen-bond donors (Lipinski definition) is 2. The molecule has 1 heterocycles. The lowest BCUT2D eigenvalue weighted by atomic mass is 10.1. The van der Waals surface area contributed by atoms with Gasteiger partial charge in [-0.25, -0.2) is 10.8 Å². The molecule has 0 amide bonds. The van der Waals surface area contributed by atoms with E-state index >= 15 is 0 Å². The van der Waals surface area contributed by atoms with Crippen LogP contribution < -0.4 is 16.0 Å². The maximum Gasteiger partial charge on any atom is 0.240 e. The van der Waals surface area contributed by atoms with Crippen LogP contribution in [0.1, 0.15) is 25.7 Å². The van der Waals surface area contributed by atoms with Crippen LogP contribution in [0.4, 0.5) is 5.95 Å². The van der Waals surface area contributed by atoms with Crippen molar-refractivity contribution in [2.75, 3.05) is 12.0 Å². The molecule has 1 aromatic heterocycles. The Hall–Kier alpha value is -1.36. The lowest BCUT2D eigenvalue weighted by Gasteiger charge is -2.10. The monoisotopic (exact) mass is 208 g/mol. The summed E-state index contributed by atoms with van der Waals surface area (Å²) >= 11 is 0.